The van der Waals surface area contributed by atoms with Gasteiger partial charge in [-0.15, -0.1) is 11.3 Å². The normalized spacial score (nSPS) is 11.1. The Labute approximate surface area is 194 Å². The molecule has 0 saturated carbocycles. The number of aromatic nitrogens is 2. The number of fused-ring (bicyclic) bond motifs is 2. The number of hydrogen-bond donors (Lipinski definition) is 2. The van der Waals surface area contributed by atoms with Crippen molar-refractivity contribution in [1.29, 1.82) is 0 Å². The number of carbonyl (C=O) groups excluding carboxylic acids is 2. The summed E-state index contributed by atoms with van der Waals surface area (Å²) < 4.78 is 2.19. The summed E-state index contributed by atoms with van der Waals surface area (Å²) in [6.45, 7) is 2.97. The zero-order valence-electron chi connectivity index (χ0n) is 18.0. The second-order valence-corrected chi connectivity index (χ2v) is 8.76. The smallest absolute Gasteiger partial charge is 0.279 e. The van der Waals surface area contributed by atoms with Crippen LogP contribution in [0.25, 0.3) is 32.5 Å². The Bertz CT molecular complexity index is 1480. The maximum absolute atomic E-state index is 12.7. The Balaban J connectivity index is 1.34. The predicted octanol–water partition coefficient (Wildman–Crippen LogP) is 5.40. The van der Waals surface area contributed by atoms with Crippen LogP contribution in [0.2, 0.25) is 0 Å². The van der Waals surface area contributed by atoms with Gasteiger partial charge in [-0.3, -0.25) is 20.4 Å². The first-order valence-electron chi connectivity index (χ1n) is 10.8. The van der Waals surface area contributed by atoms with Crippen LogP contribution in [0.4, 0.5) is 0 Å². The predicted molar refractivity (Wildman–Crippen MR) is 132 cm³/mol. The molecule has 33 heavy (non-hydrogen) atoms. The van der Waals surface area contributed by atoms with E-state index in [2.05, 4.69) is 28.4 Å². The molecule has 0 saturated heterocycles. The average Bonchev–Trinajstić information content (AvgIpc) is 3.48. The van der Waals surface area contributed by atoms with Gasteiger partial charge in [0.15, 0.2) is 5.82 Å². The van der Waals surface area contributed by atoms with Crippen LogP contribution in [0.15, 0.2) is 78.9 Å². The number of benzene rings is 3. The number of hydrazine groups is 1. The summed E-state index contributed by atoms with van der Waals surface area (Å²) in [6.07, 6.45) is 0.978. The second kappa shape index (κ2) is 8.88. The number of nitrogens with zero attached hydrogens (tertiary/aromatic N) is 2. The number of para-hydroxylation sites is 2. The van der Waals surface area contributed by atoms with Crippen molar-refractivity contribution < 1.29 is 9.59 Å². The van der Waals surface area contributed by atoms with Crippen molar-refractivity contribution in [3.8, 4) is 10.7 Å². The third-order valence-electron chi connectivity index (χ3n) is 5.48. The first-order chi connectivity index (χ1) is 16.2. The van der Waals surface area contributed by atoms with Gasteiger partial charge >= 0.3 is 0 Å². The molecule has 2 amide bonds. The highest BCUT2D eigenvalue weighted by atomic mass is 32.1. The molecule has 6 nitrogen and oxygen atoms in total. The number of rotatable bonds is 5. The highest BCUT2D eigenvalue weighted by Crippen LogP contribution is 2.31. The molecule has 0 unspecified atom stereocenters. The van der Waals surface area contributed by atoms with Gasteiger partial charge in [-0.05, 0) is 47.5 Å². The van der Waals surface area contributed by atoms with E-state index in [0.29, 0.717) is 10.4 Å². The van der Waals surface area contributed by atoms with Crippen LogP contribution in [0, 0.1) is 0 Å². The maximum atomic E-state index is 12.7. The number of thiophene rings is 1. The summed E-state index contributed by atoms with van der Waals surface area (Å²) in [6, 6.07) is 24.9. The molecule has 2 N–H and O–H groups in total. The minimum absolute atomic E-state index is 0.360. The number of imidazole rings is 1. The van der Waals surface area contributed by atoms with Gasteiger partial charge in [-0.2, -0.15) is 0 Å². The molecular weight excluding hydrogens is 432 g/mol. The minimum Gasteiger partial charge on any atom is -0.323 e. The lowest BCUT2D eigenvalue weighted by Gasteiger charge is -2.09. The average molecular weight is 455 g/mol. The molecule has 0 aliphatic carbocycles. The summed E-state index contributed by atoms with van der Waals surface area (Å²) in [7, 11) is 0. The molecule has 0 aliphatic heterocycles. The van der Waals surface area contributed by atoms with Crippen LogP contribution >= 0.6 is 11.3 Å². The number of hydrogen-bond acceptors (Lipinski definition) is 4. The largest absolute Gasteiger partial charge is 0.323 e. The molecule has 164 valence electrons. The molecule has 5 rings (SSSR count). The summed E-state index contributed by atoms with van der Waals surface area (Å²) in [5.41, 5.74) is 7.60. The fourth-order valence-corrected chi connectivity index (χ4v) is 4.86. The van der Waals surface area contributed by atoms with Gasteiger partial charge in [0, 0.05) is 12.1 Å². The zero-order valence-corrected chi connectivity index (χ0v) is 18.9. The first kappa shape index (κ1) is 20.9. The molecule has 2 aromatic heterocycles. The maximum Gasteiger partial charge on any atom is 0.279 e. The van der Waals surface area contributed by atoms with E-state index in [1.807, 2.05) is 60.7 Å². The number of aryl methyl sites for hydroxylation is 1. The summed E-state index contributed by atoms with van der Waals surface area (Å²) >= 11 is 1.35. The van der Waals surface area contributed by atoms with Crippen LogP contribution in [0.5, 0.6) is 0 Å². The van der Waals surface area contributed by atoms with Crippen LogP contribution in [0.1, 0.15) is 33.4 Å². The van der Waals surface area contributed by atoms with E-state index in [1.54, 1.807) is 12.1 Å². The van der Waals surface area contributed by atoms with Gasteiger partial charge < -0.3 is 4.57 Å². The van der Waals surface area contributed by atoms with E-state index >= 15 is 0 Å². The fraction of sp³-hybridized carbons (Fsp3) is 0.115. The molecular formula is C26H22N4O2S. The van der Waals surface area contributed by atoms with E-state index in [-0.39, 0.29) is 11.8 Å². The standard InChI is InChI=1S/C26H22N4O2S/c1-2-16-30-21-13-6-5-12-20(21)27-24(30)22-14-15-23(33-22)26(32)29-28-25(31)19-11-7-9-17-8-3-4-10-18(17)19/h3-15H,2,16H2,1H3,(H,28,31)(H,29,32). The summed E-state index contributed by atoms with van der Waals surface area (Å²) in [5.74, 6) is 0.126. The third kappa shape index (κ3) is 3.99. The number of nitrogens with one attached hydrogen (secondary N) is 2. The van der Waals surface area contributed by atoms with Gasteiger partial charge in [0.1, 0.15) is 0 Å². The van der Waals surface area contributed by atoms with E-state index in [4.69, 9.17) is 4.98 Å². The van der Waals surface area contributed by atoms with Crippen LogP contribution in [-0.2, 0) is 6.54 Å². The molecule has 5 aromatic rings. The number of amides is 2. The molecule has 0 radical (unpaired) electrons. The topological polar surface area (TPSA) is 76.0 Å². The molecule has 0 bridgehead atoms. The second-order valence-electron chi connectivity index (χ2n) is 7.67. The molecule has 0 aliphatic rings. The lowest BCUT2D eigenvalue weighted by atomic mass is 10.0. The molecule has 2 heterocycles. The monoisotopic (exact) mass is 454 g/mol. The molecule has 7 heteroatoms. The van der Waals surface area contributed by atoms with Gasteiger partial charge in [-0.25, -0.2) is 4.98 Å². The van der Waals surface area contributed by atoms with Crippen molar-refractivity contribution in [1.82, 2.24) is 20.4 Å². The highest BCUT2D eigenvalue weighted by molar-refractivity contribution is 7.17. The Morgan fingerprint density at radius 2 is 1.64 bits per heavy atom. The van der Waals surface area contributed by atoms with Crippen molar-refractivity contribution >= 4 is 45.0 Å². The third-order valence-corrected chi connectivity index (χ3v) is 6.56. The van der Waals surface area contributed by atoms with Gasteiger partial charge in [0.25, 0.3) is 11.8 Å². The Morgan fingerprint density at radius 1 is 0.879 bits per heavy atom. The van der Waals surface area contributed by atoms with Gasteiger partial charge in [0.05, 0.1) is 20.8 Å². The van der Waals surface area contributed by atoms with E-state index in [9.17, 15) is 9.59 Å². The van der Waals surface area contributed by atoms with Gasteiger partial charge in [0.2, 0.25) is 0 Å². The van der Waals surface area contributed by atoms with Crippen molar-refractivity contribution in [2.45, 2.75) is 19.9 Å². The van der Waals surface area contributed by atoms with Crippen molar-refractivity contribution in [3.63, 3.8) is 0 Å². The Kier molecular flexibility index (Phi) is 5.62. The molecule has 0 fully saturated rings. The SMILES string of the molecule is CCCn1c(-c2ccc(C(=O)NNC(=O)c3cccc4ccccc34)s2)nc2ccccc21. The van der Waals surface area contributed by atoms with Crippen molar-refractivity contribution in [2.75, 3.05) is 0 Å². The highest BCUT2D eigenvalue weighted by Gasteiger charge is 2.17. The lowest BCUT2D eigenvalue weighted by molar-refractivity contribution is 0.0850. The quantitative estimate of drug-likeness (QED) is 0.349. The summed E-state index contributed by atoms with van der Waals surface area (Å²) in [5, 5.41) is 1.80. The van der Waals surface area contributed by atoms with E-state index < -0.39 is 0 Å². The molecule has 0 atom stereocenters. The van der Waals surface area contributed by atoms with E-state index in [0.717, 1.165) is 45.5 Å². The minimum atomic E-state index is -0.363. The van der Waals surface area contributed by atoms with Crippen LogP contribution in [-0.4, -0.2) is 21.4 Å². The van der Waals surface area contributed by atoms with Crippen molar-refractivity contribution in [2.24, 2.45) is 0 Å². The fourth-order valence-electron chi connectivity index (χ4n) is 3.96. The van der Waals surface area contributed by atoms with Crippen LogP contribution in [0.3, 0.4) is 0 Å². The molecule has 3 aromatic carbocycles. The summed E-state index contributed by atoms with van der Waals surface area (Å²) in [4.78, 5) is 31.6. The van der Waals surface area contributed by atoms with Crippen molar-refractivity contribution in [3.05, 3.63) is 89.3 Å². The first-order valence-corrected chi connectivity index (χ1v) is 11.6. The van der Waals surface area contributed by atoms with E-state index in [1.165, 1.54) is 11.3 Å². The van der Waals surface area contributed by atoms with Crippen LogP contribution < -0.4 is 10.9 Å². The lowest BCUT2D eigenvalue weighted by Crippen LogP contribution is -2.41. The zero-order chi connectivity index (χ0) is 22.8. The molecule has 0 spiro atoms. The number of carbonyl (C=O) groups is 2. The Morgan fingerprint density at radius 3 is 2.52 bits per heavy atom. The Hall–Kier alpha value is -3.97. The van der Waals surface area contributed by atoms with Gasteiger partial charge in [-0.1, -0.05) is 55.5 Å².